The molecule has 2 rings (SSSR count). The largest absolute Gasteiger partial charge is 0.495 e. The molecule has 0 saturated carbocycles. The minimum absolute atomic E-state index is 0.415. The summed E-state index contributed by atoms with van der Waals surface area (Å²) in [6, 6.07) is 4.17. The first-order chi connectivity index (χ1) is 8.67. The van der Waals surface area contributed by atoms with Crippen molar-refractivity contribution in [3.05, 3.63) is 17.2 Å². The number of ether oxygens (including phenoxy) is 2. The standard InChI is InChI=1S/C13H19ClN2O2/c1-9-8-15-4-5-16(9)11-7-12(17-2)10(14)6-13(11)18-3/h6-7,9,15H,4-5,8H2,1-3H3/t9-/m0/s1. The van der Waals surface area contributed by atoms with Gasteiger partial charge in [0.1, 0.15) is 11.5 Å². The average Bonchev–Trinajstić information content (AvgIpc) is 2.39. The van der Waals surface area contributed by atoms with E-state index in [2.05, 4.69) is 17.1 Å². The van der Waals surface area contributed by atoms with Gasteiger partial charge in [-0.1, -0.05) is 11.6 Å². The third-order valence-corrected chi connectivity index (χ3v) is 3.56. The van der Waals surface area contributed by atoms with Gasteiger partial charge >= 0.3 is 0 Å². The Morgan fingerprint density at radius 3 is 2.61 bits per heavy atom. The van der Waals surface area contributed by atoms with Crippen molar-refractivity contribution in [3.63, 3.8) is 0 Å². The van der Waals surface area contributed by atoms with E-state index in [-0.39, 0.29) is 0 Å². The molecule has 0 spiro atoms. The van der Waals surface area contributed by atoms with Crippen molar-refractivity contribution in [1.29, 1.82) is 0 Å². The summed E-state index contributed by atoms with van der Waals surface area (Å²) < 4.78 is 10.7. The van der Waals surface area contributed by atoms with E-state index in [9.17, 15) is 0 Å². The highest BCUT2D eigenvalue weighted by atomic mass is 35.5. The molecule has 1 N–H and O–H groups in total. The molecule has 1 atom stereocenters. The summed E-state index contributed by atoms with van der Waals surface area (Å²) in [5.74, 6) is 1.47. The Bertz CT molecular complexity index is 426. The Labute approximate surface area is 113 Å². The predicted octanol–water partition coefficient (Wildman–Crippen LogP) is 2.16. The highest BCUT2D eigenvalue weighted by Gasteiger charge is 2.22. The maximum atomic E-state index is 6.12. The summed E-state index contributed by atoms with van der Waals surface area (Å²) in [4.78, 5) is 2.31. The summed E-state index contributed by atoms with van der Waals surface area (Å²) in [6.45, 7) is 5.07. The lowest BCUT2D eigenvalue weighted by Gasteiger charge is -2.36. The van der Waals surface area contributed by atoms with Crippen molar-refractivity contribution in [2.24, 2.45) is 0 Å². The van der Waals surface area contributed by atoms with Crippen molar-refractivity contribution in [2.45, 2.75) is 13.0 Å². The molecule has 18 heavy (non-hydrogen) atoms. The average molecular weight is 271 g/mol. The van der Waals surface area contributed by atoms with Gasteiger partial charge in [-0.3, -0.25) is 0 Å². The van der Waals surface area contributed by atoms with E-state index in [1.165, 1.54) is 0 Å². The van der Waals surface area contributed by atoms with Crippen molar-refractivity contribution in [2.75, 3.05) is 38.8 Å². The number of methoxy groups -OCH3 is 2. The summed E-state index contributed by atoms with van der Waals surface area (Å²) in [5, 5.41) is 3.94. The number of anilines is 1. The van der Waals surface area contributed by atoms with Crippen LogP contribution in [0.3, 0.4) is 0 Å². The van der Waals surface area contributed by atoms with Crippen LogP contribution in [0.25, 0.3) is 0 Å². The first-order valence-electron chi connectivity index (χ1n) is 6.06. The molecule has 0 aliphatic carbocycles. The van der Waals surface area contributed by atoms with Gasteiger partial charge in [0.05, 0.1) is 24.9 Å². The molecule has 0 aromatic heterocycles. The fourth-order valence-electron chi connectivity index (χ4n) is 2.27. The van der Waals surface area contributed by atoms with Crippen LogP contribution in [0.4, 0.5) is 5.69 Å². The Morgan fingerprint density at radius 1 is 1.28 bits per heavy atom. The molecule has 1 aromatic rings. The molecule has 0 radical (unpaired) electrons. The third kappa shape index (κ3) is 2.49. The van der Waals surface area contributed by atoms with E-state index in [0.29, 0.717) is 16.8 Å². The van der Waals surface area contributed by atoms with Crippen molar-refractivity contribution < 1.29 is 9.47 Å². The number of piperazine rings is 1. The maximum absolute atomic E-state index is 6.12. The highest BCUT2D eigenvalue weighted by Crippen LogP contribution is 2.38. The third-order valence-electron chi connectivity index (χ3n) is 3.26. The van der Waals surface area contributed by atoms with Crippen LogP contribution in [-0.4, -0.2) is 39.9 Å². The zero-order valence-corrected chi connectivity index (χ0v) is 11.8. The first-order valence-corrected chi connectivity index (χ1v) is 6.44. The number of hydrogen-bond donors (Lipinski definition) is 1. The van der Waals surface area contributed by atoms with Crippen LogP contribution >= 0.6 is 11.6 Å². The minimum atomic E-state index is 0.415. The van der Waals surface area contributed by atoms with Crippen LogP contribution in [0.1, 0.15) is 6.92 Å². The number of benzene rings is 1. The SMILES string of the molecule is COc1cc(N2CCNC[C@@H]2C)c(OC)cc1Cl. The number of halogens is 1. The zero-order valence-electron chi connectivity index (χ0n) is 11.0. The van der Waals surface area contributed by atoms with Gasteiger partial charge in [-0.05, 0) is 6.92 Å². The molecule has 1 fully saturated rings. The second-order valence-corrected chi connectivity index (χ2v) is 4.81. The monoisotopic (exact) mass is 270 g/mol. The smallest absolute Gasteiger partial charge is 0.143 e. The van der Waals surface area contributed by atoms with Gasteiger partial charge in [0, 0.05) is 37.8 Å². The lowest BCUT2D eigenvalue weighted by atomic mass is 10.1. The molecule has 5 heteroatoms. The molecule has 4 nitrogen and oxygen atoms in total. The van der Waals surface area contributed by atoms with Crippen molar-refractivity contribution in [1.82, 2.24) is 5.32 Å². The summed E-state index contributed by atoms with van der Waals surface area (Å²) in [7, 11) is 3.28. The molecule has 100 valence electrons. The summed E-state index contributed by atoms with van der Waals surface area (Å²) in [5.41, 5.74) is 1.03. The molecule has 0 unspecified atom stereocenters. The van der Waals surface area contributed by atoms with Gasteiger partial charge in [-0.15, -0.1) is 0 Å². The van der Waals surface area contributed by atoms with Gasteiger partial charge < -0.3 is 19.7 Å². The molecular weight excluding hydrogens is 252 g/mol. The van der Waals surface area contributed by atoms with E-state index in [0.717, 1.165) is 31.1 Å². The molecule has 1 aliphatic rings. The van der Waals surface area contributed by atoms with Crippen LogP contribution in [0.2, 0.25) is 5.02 Å². The number of rotatable bonds is 3. The van der Waals surface area contributed by atoms with Crippen LogP contribution in [0.5, 0.6) is 11.5 Å². The first kappa shape index (κ1) is 13.3. The van der Waals surface area contributed by atoms with Crippen LogP contribution in [0, 0.1) is 0 Å². The fraction of sp³-hybridized carbons (Fsp3) is 0.538. The molecule has 1 aromatic carbocycles. The van der Waals surface area contributed by atoms with E-state index in [1.54, 1.807) is 14.2 Å². The molecule has 0 bridgehead atoms. The second kappa shape index (κ2) is 5.67. The Hall–Kier alpha value is -1.13. The quantitative estimate of drug-likeness (QED) is 0.913. The molecule has 0 amide bonds. The van der Waals surface area contributed by atoms with E-state index >= 15 is 0 Å². The van der Waals surface area contributed by atoms with Crippen molar-refractivity contribution in [3.8, 4) is 11.5 Å². The second-order valence-electron chi connectivity index (χ2n) is 4.41. The maximum Gasteiger partial charge on any atom is 0.143 e. The fourth-order valence-corrected chi connectivity index (χ4v) is 2.50. The molecular formula is C13H19ClN2O2. The molecule has 1 saturated heterocycles. The van der Waals surface area contributed by atoms with Gasteiger partial charge in [0.2, 0.25) is 0 Å². The van der Waals surface area contributed by atoms with E-state index in [4.69, 9.17) is 21.1 Å². The number of nitrogens with one attached hydrogen (secondary N) is 1. The van der Waals surface area contributed by atoms with Gasteiger partial charge in [-0.25, -0.2) is 0 Å². The highest BCUT2D eigenvalue weighted by molar-refractivity contribution is 6.32. The lowest BCUT2D eigenvalue weighted by molar-refractivity contribution is 0.399. The topological polar surface area (TPSA) is 33.7 Å². The van der Waals surface area contributed by atoms with Crippen molar-refractivity contribution >= 4 is 17.3 Å². The number of nitrogens with zero attached hydrogens (tertiary/aromatic N) is 1. The van der Waals surface area contributed by atoms with E-state index in [1.807, 2.05) is 12.1 Å². The van der Waals surface area contributed by atoms with Gasteiger partial charge in [0.15, 0.2) is 0 Å². The lowest BCUT2D eigenvalue weighted by Crippen LogP contribution is -2.50. The van der Waals surface area contributed by atoms with Gasteiger partial charge in [0.25, 0.3) is 0 Å². The zero-order chi connectivity index (χ0) is 13.1. The summed E-state index contributed by atoms with van der Waals surface area (Å²) >= 11 is 6.12. The predicted molar refractivity (Wildman–Crippen MR) is 74.2 cm³/mol. The Balaban J connectivity index is 2.40. The normalized spacial score (nSPS) is 19.8. The van der Waals surface area contributed by atoms with Crippen LogP contribution in [0.15, 0.2) is 12.1 Å². The molecule has 1 aliphatic heterocycles. The van der Waals surface area contributed by atoms with Gasteiger partial charge in [-0.2, -0.15) is 0 Å². The summed E-state index contributed by atoms with van der Waals surface area (Å²) in [6.07, 6.45) is 0. The van der Waals surface area contributed by atoms with Crippen LogP contribution < -0.4 is 19.7 Å². The van der Waals surface area contributed by atoms with Crippen LogP contribution in [-0.2, 0) is 0 Å². The molecule has 1 heterocycles. The minimum Gasteiger partial charge on any atom is -0.495 e. The Kier molecular flexibility index (Phi) is 4.19. The van der Waals surface area contributed by atoms with E-state index < -0.39 is 0 Å². The number of hydrogen-bond acceptors (Lipinski definition) is 4. The Morgan fingerprint density at radius 2 is 2.00 bits per heavy atom.